The number of carbonyl (C=O) groups is 1. The number of Topliss-reactive ketones (excluding diaryl/α,β-unsaturated/α-hetero) is 1. The predicted octanol–water partition coefficient (Wildman–Crippen LogP) is 13.5. The van der Waals surface area contributed by atoms with Crippen LogP contribution in [0.5, 0.6) is 0 Å². The van der Waals surface area contributed by atoms with Crippen LogP contribution in [0.25, 0.3) is 54.9 Å². The van der Waals surface area contributed by atoms with E-state index in [4.69, 9.17) is 0 Å². The molecule has 5 aliphatic rings. The number of anilines is 7. The number of aryl methyl sites for hydroxylation is 8. The van der Waals surface area contributed by atoms with Gasteiger partial charge >= 0.3 is 0 Å². The number of sulfonamides is 2. The molecule has 0 aromatic heterocycles. The lowest BCUT2D eigenvalue weighted by molar-refractivity contribution is -0.578. The molecule has 17 rings (SSSR count). The molecule has 12 aromatic rings. The molecular weight excluding hydrogens is 1280 g/mol. The third-order valence-electron chi connectivity index (χ3n) is 20.8. The van der Waals surface area contributed by atoms with E-state index >= 15 is 9.90 Å². The molecule has 0 radical (unpaired) electrons. The number of hydrogen-bond acceptors (Lipinski definition) is 11. The summed E-state index contributed by atoms with van der Waals surface area (Å²) in [6.07, 6.45) is 0. The van der Waals surface area contributed by atoms with Crippen LogP contribution >= 0.6 is 0 Å². The van der Waals surface area contributed by atoms with Gasteiger partial charge in [-0.25, -0.2) is 21.8 Å². The van der Waals surface area contributed by atoms with Crippen LogP contribution in [0, 0.1) is 55.4 Å². The molecule has 8 N–H and O–H groups in total. The van der Waals surface area contributed by atoms with E-state index in [1.54, 1.807) is 54.6 Å². The summed E-state index contributed by atoms with van der Waals surface area (Å²) >= 11 is 0. The van der Waals surface area contributed by atoms with Crippen molar-refractivity contribution in [3.05, 3.63) is 306 Å². The van der Waals surface area contributed by atoms with Crippen LogP contribution in [-0.2, 0) is 49.3 Å². The van der Waals surface area contributed by atoms with Crippen LogP contribution in [0.1, 0.15) is 83.5 Å². The predicted molar refractivity (Wildman–Crippen MR) is 399 cm³/mol. The van der Waals surface area contributed by atoms with Crippen molar-refractivity contribution >= 4 is 98.3 Å². The summed E-state index contributed by atoms with van der Waals surface area (Å²) in [7, 11) is -8.52. The highest BCUT2D eigenvalue weighted by atomic mass is 32.2. The number of rotatable bonds is 13. The third-order valence-corrected chi connectivity index (χ3v) is 23.5. The number of allylic oxidation sites excluding steroid dienone is 2. The van der Waals surface area contributed by atoms with Crippen molar-refractivity contribution in [3.8, 4) is 22.3 Å². The fourth-order valence-electron chi connectivity index (χ4n) is 15.8. The Morgan fingerprint density at radius 2 is 0.880 bits per heavy atom. The van der Waals surface area contributed by atoms with Crippen LogP contribution in [0.2, 0.25) is 0 Å². The fraction of sp³-hybridized carbons (Fsp3) is 0.143. The van der Waals surface area contributed by atoms with E-state index in [2.05, 4.69) is 148 Å². The van der Waals surface area contributed by atoms with Gasteiger partial charge < -0.3 is 31.7 Å². The molecule has 0 unspecified atom stereocenters. The molecule has 494 valence electrons. The van der Waals surface area contributed by atoms with Crippen LogP contribution in [-0.4, -0.2) is 22.6 Å². The standard InChI is InChI=1S/C84H70N8O6S2/c1-45-15-31-69(49(5)35-45)85-43-53-19-25-59-60-26-20-54(44-86-70-32-16-46(2)36-50(70)6)40-66(60)83(65(59)39-53)87-73-13-9-11-55-21-27-63(79(89-83)75(55)73)77-81(93)78(82(77)94)64-28-22-56-12-10-14-74-76(56)80(64)90-84(88-74)67-41-57(99(95,96)91-71-33-17-47(3)37-51(71)7)23-29-61(67)62-30-24-58(42-68(62)84)100(97,98)92-72-34-18-48(4)38-52(72)8/h9-42,85-86,88-93H,43-44H2,1-8H3. The average Bonchev–Trinajstić information content (AvgIpc) is 1.41. The van der Waals surface area contributed by atoms with Gasteiger partial charge in [0.1, 0.15) is 0 Å². The van der Waals surface area contributed by atoms with E-state index in [1.807, 2.05) is 100 Å². The molecule has 0 amide bonds. The monoisotopic (exact) mass is 1350 g/mol. The van der Waals surface area contributed by atoms with Crippen molar-refractivity contribution in [2.75, 3.05) is 36.0 Å². The van der Waals surface area contributed by atoms with Gasteiger partial charge in [0.2, 0.25) is 5.36 Å². The van der Waals surface area contributed by atoms with Crippen molar-refractivity contribution < 1.29 is 31.7 Å². The highest BCUT2D eigenvalue weighted by molar-refractivity contribution is 7.93. The maximum absolute atomic E-state index is 15.9. The largest absolute Gasteiger partial charge is 0.871 e. The van der Waals surface area contributed by atoms with Crippen molar-refractivity contribution in [1.82, 2.24) is 0 Å². The Bertz CT molecular complexity index is 5860. The lowest BCUT2D eigenvalue weighted by atomic mass is 9.79. The molecule has 0 fully saturated rings. The van der Waals surface area contributed by atoms with Gasteiger partial charge in [0.25, 0.3) is 25.7 Å². The second-order valence-corrected chi connectivity index (χ2v) is 30.9. The lowest BCUT2D eigenvalue weighted by Crippen LogP contribution is -2.92. The molecule has 0 atom stereocenters. The Morgan fingerprint density at radius 3 is 1.39 bits per heavy atom. The number of carbonyl (C=O) groups excluding carboxylic acids is 1. The van der Waals surface area contributed by atoms with E-state index < -0.39 is 42.9 Å². The SMILES string of the molecule is Cc1ccc(NCc2ccc3c(c2)C2(Nc4c(=C5C(=O)C(c6ccc7cccc8c7c6NC6(N8)c7cc(S(=O)(=O)Nc8ccc(C)cc8C)ccc7-c7ccc(S(=O)(=O)Nc8ccc(C)cc8C)cc76)=C5[O-])ccc5cccc(c45)=[NH+]2)c2cc(CNc4ccc(C)cc4C)ccc2-3)c(C)c1. The van der Waals surface area contributed by atoms with Crippen molar-refractivity contribution in [3.63, 3.8) is 0 Å². The minimum absolute atomic E-state index is 0.0284. The van der Waals surface area contributed by atoms with Gasteiger partial charge in [-0.2, -0.15) is 0 Å². The molecular formula is C84H70N8O6S2. The van der Waals surface area contributed by atoms with E-state index in [0.717, 1.165) is 99.7 Å². The molecule has 3 aliphatic carbocycles. The molecule has 2 heterocycles. The zero-order chi connectivity index (χ0) is 69.1. The molecule has 12 aromatic carbocycles. The Kier molecular flexibility index (Phi) is 14.0. The highest BCUT2D eigenvalue weighted by Crippen LogP contribution is 2.57. The van der Waals surface area contributed by atoms with Crippen molar-refractivity contribution in [2.24, 2.45) is 0 Å². The first-order valence-electron chi connectivity index (χ1n) is 33.5. The van der Waals surface area contributed by atoms with Gasteiger partial charge in [0.15, 0.2) is 11.4 Å². The fourth-order valence-corrected chi connectivity index (χ4v) is 18.2. The quantitative estimate of drug-likeness (QED) is 0.0545. The van der Waals surface area contributed by atoms with Gasteiger partial charge in [-0.05, 0) is 189 Å². The molecule has 2 aliphatic heterocycles. The maximum Gasteiger partial charge on any atom is 0.289 e. The zero-order valence-corrected chi connectivity index (χ0v) is 57.9. The first-order valence-corrected chi connectivity index (χ1v) is 36.5. The number of fused-ring (bicyclic) bond motifs is 10. The minimum Gasteiger partial charge on any atom is -0.871 e. The van der Waals surface area contributed by atoms with E-state index in [1.165, 1.54) is 11.1 Å². The number of ketones is 1. The second-order valence-electron chi connectivity index (χ2n) is 27.6. The van der Waals surface area contributed by atoms with Crippen molar-refractivity contribution in [2.45, 2.75) is 89.6 Å². The van der Waals surface area contributed by atoms with Crippen LogP contribution in [0.4, 0.5) is 39.8 Å². The smallest absolute Gasteiger partial charge is 0.289 e. The molecule has 0 bridgehead atoms. The average molecular weight is 1350 g/mol. The lowest BCUT2D eigenvalue weighted by Gasteiger charge is -2.42. The van der Waals surface area contributed by atoms with E-state index in [0.29, 0.717) is 79.9 Å². The summed E-state index contributed by atoms with van der Waals surface area (Å²) < 4.78 is 64.6. The minimum atomic E-state index is -4.26. The molecule has 2 spiro atoms. The normalized spacial score (nSPS) is 15.3. The zero-order valence-electron chi connectivity index (χ0n) is 56.3. The Hall–Kier alpha value is -11.5. The van der Waals surface area contributed by atoms with Crippen molar-refractivity contribution in [1.29, 1.82) is 0 Å². The Labute approximate surface area is 580 Å². The van der Waals surface area contributed by atoms with E-state index in [-0.39, 0.29) is 20.9 Å². The van der Waals surface area contributed by atoms with Gasteiger partial charge in [0, 0.05) is 74.7 Å². The number of benzene rings is 12. The van der Waals surface area contributed by atoms with Crippen LogP contribution in [0.15, 0.2) is 222 Å². The first-order chi connectivity index (χ1) is 48.0. The molecule has 0 saturated carbocycles. The maximum atomic E-state index is 15.9. The van der Waals surface area contributed by atoms with Crippen LogP contribution in [0.3, 0.4) is 0 Å². The van der Waals surface area contributed by atoms with Gasteiger partial charge in [-0.1, -0.05) is 161 Å². The molecule has 14 nitrogen and oxygen atoms in total. The Balaban J connectivity index is 0.817. The molecule has 0 saturated heterocycles. The van der Waals surface area contributed by atoms with Crippen LogP contribution < -0.4 is 56.7 Å². The summed E-state index contributed by atoms with van der Waals surface area (Å²) in [6, 6.07) is 66.3. The van der Waals surface area contributed by atoms with Gasteiger partial charge in [-0.15, -0.1) is 0 Å². The summed E-state index contributed by atoms with van der Waals surface area (Å²) in [5.41, 5.74) is 18.7. The summed E-state index contributed by atoms with van der Waals surface area (Å²) in [6.45, 7) is 17.1. The highest BCUT2D eigenvalue weighted by Gasteiger charge is 2.52. The third kappa shape index (κ3) is 9.77. The molecule has 16 heteroatoms. The second kappa shape index (κ2) is 22.5. The van der Waals surface area contributed by atoms with E-state index in [9.17, 15) is 16.8 Å². The number of hydrogen-bond donors (Lipinski definition) is 8. The Morgan fingerprint density at radius 1 is 0.420 bits per heavy atom. The molecule has 100 heavy (non-hydrogen) atoms. The topological polar surface area (TPSA) is 207 Å². The summed E-state index contributed by atoms with van der Waals surface area (Å²) in [5, 5.41) is 39.5. The summed E-state index contributed by atoms with van der Waals surface area (Å²) in [4.78, 5) is 19.9. The van der Waals surface area contributed by atoms with Gasteiger partial charge in [0.05, 0.1) is 49.1 Å². The first kappa shape index (κ1) is 62.1. The van der Waals surface area contributed by atoms with Gasteiger partial charge in [-0.3, -0.25) is 14.2 Å². The number of nitrogens with one attached hydrogen (secondary N) is 8. The summed E-state index contributed by atoms with van der Waals surface area (Å²) in [5.74, 6) is -0.906.